The quantitative estimate of drug-likeness (QED) is 0.410. The van der Waals surface area contributed by atoms with Crippen LogP contribution < -0.4 is 20.6 Å². The Morgan fingerprint density at radius 2 is 1.79 bits per heavy atom. The van der Waals surface area contributed by atoms with Gasteiger partial charge in [0.15, 0.2) is 5.82 Å². The smallest absolute Gasteiger partial charge is 0.234 e. The summed E-state index contributed by atoms with van der Waals surface area (Å²) in [4.78, 5) is 12.2. The molecule has 0 unspecified atom stereocenters. The molecule has 0 aliphatic heterocycles. The molecule has 3 N–H and O–H groups in total. The van der Waals surface area contributed by atoms with Crippen LogP contribution in [-0.4, -0.2) is 39.7 Å². The first-order valence-electron chi connectivity index (χ1n) is 9.20. The molecule has 3 aromatic rings. The third-order valence-corrected chi connectivity index (χ3v) is 4.79. The van der Waals surface area contributed by atoms with Crippen molar-refractivity contribution in [1.82, 2.24) is 14.9 Å². The van der Waals surface area contributed by atoms with Gasteiger partial charge < -0.3 is 20.6 Å². The second kappa shape index (κ2) is 9.83. The number of benzene rings is 2. The highest BCUT2D eigenvalue weighted by Crippen LogP contribution is 2.25. The monoisotopic (exact) mass is 413 g/mol. The number of carbonyl (C=O) groups excluding carboxylic acids is 1. The molecule has 0 radical (unpaired) electrons. The Morgan fingerprint density at radius 1 is 1.07 bits per heavy atom. The minimum atomic E-state index is -0.165. The van der Waals surface area contributed by atoms with Gasteiger partial charge in [-0.05, 0) is 50.2 Å². The molecule has 152 valence electrons. The molecular formula is C20H23N5O3S. The van der Waals surface area contributed by atoms with Gasteiger partial charge >= 0.3 is 0 Å². The number of rotatable bonds is 9. The summed E-state index contributed by atoms with van der Waals surface area (Å²) >= 11 is 1.21. The number of thioether (sulfide) groups is 1. The van der Waals surface area contributed by atoms with Gasteiger partial charge in [-0.1, -0.05) is 23.9 Å². The first-order valence-corrected chi connectivity index (χ1v) is 10.2. The molecule has 8 nitrogen and oxygen atoms in total. The average Bonchev–Trinajstić information content (AvgIpc) is 3.09. The highest BCUT2D eigenvalue weighted by atomic mass is 32.2. The third kappa shape index (κ3) is 5.41. The molecule has 0 fully saturated rings. The molecule has 1 aromatic heterocycles. The van der Waals surface area contributed by atoms with Crippen LogP contribution in [-0.2, 0) is 4.79 Å². The Hall–Kier alpha value is -3.20. The Kier molecular flexibility index (Phi) is 6.96. The van der Waals surface area contributed by atoms with Crippen molar-refractivity contribution in [2.75, 3.05) is 30.1 Å². The molecule has 1 amide bonds. The van der Waals surface area contributed by atoms with Gasteiger partial charge in [-0.15, -0.1) is 10.2 Å². The summed E-state index contributed by atoms with van der Waals surface area (Å²) in [6.45, 7) is 5.01. The number of nitrogens with one attached hydrogen (secondary N) is 1. The lowest BCUT2D eigenvalue weighted by molar-refractivity contribution is -0.113. The van der Waals surface area contributed by atoms with Gasteiger partial charge in [-0.2, -0.15) is 0 Å². The minimum absolute atomic E-state index is 0.154. The van der Waals surface area contributed by atoms with Gasteiger partial charge in [0.25, 0.3) is 0 Å². The lowest BCUT2D eigenvalue weighted by Crippen LogP contribution is -2.16. The van der Waals surface area contributed by atoms with Crippen LogP contribution in [0.5, 0.6) is 11.5 Å². The minimum Gasteiger partial charge on any atom is -0.494 e. The maximum Gasteiger partial charge on any atom is 0.234 e. The van der Waals surface area contributed by atoms with Crippen LogP contribution in [0.25, 0.3) is 11.4 Å². The van der Waals surface area contributed by atoms with Crippen molar-refractivity contribution in [3.05, 3.63) is 48.5 Å². The first kappa shape index (κ1) is 20.5. The van der Waals surface area contributed by atoms with Crippen LogP contribution in [0.1, 0.15) is 13.8 Å². The number of nitrogens with zero attached hydrogens (tertiary/aromatic N) is 3. The predicted molar refractivity (Wildman–Crippen MR) is 114 cm³/mol. The lowest BCUT2D eigenvalue weighted by atomic mass is 10.2. The van der Waals surface area contributed by atoms with Gasteiger partial charge in [0, 0.05) is 11.3 Å². The van der Waals surface area contributed by atoms with E-state index in [0.29, 0.717) is 29.9 Å². The molecule has 0 atom stereocenters. The maximum absolute atomic E-state index is 12.2. The fraction of sp³-hybridized carbons (Fsp3) is 0.250. The number of ether oxygens (including phenoxy) is 2. The van der Waals surface area contributed by atoms with Crippen LogP contribution in [0.15, 0.2) is 53.7 Å². The second-order valence-corrected chi connectivity index (χ2v) is 6.87. The normalized spacial score (nSPS) is 10.6. The van der Waals surface area contributed by atoms with Crippen molar-refractivity contribution in [2.45, 2.75) is 19.0 Å². The first-order chi connectivity index (χ1) is 14.1. The predicted octanol–water partition coefficient (Wildman–Crippen LogP) is 3.19. The van der Waals surface area contributed by atoms with Crippen molar-refractivity contribution in [3.63, 3.8) is 0 Å². The summed E-state index contributed by atoms with van der Waals surface area (Å²) in [5.41, 5.74) is 1.48. The van der Waals surface area contributed by atoms with Crippen molar-refractivity contribution in [1.29, 1.82) is 0 Å². The molecule has 2 aromatic carbocycles. The number of hydrogen-bond acceptors (Lipinski definition) is 7. The summed E-state index contributed by atoms with van der Waals surface area (Å²) < 4.78 is 12.3. The number of anilines is 1. The zero-order valence-electron chi connectivity index (χ0n) is 16.3. The number of hydrogen-bond donors (Lipinski definition) is 2. The third-order valence-electron chi connectivity index (χ3n) is 3.85. The molecule has 29 heavy (non-hydrogen) atoms. The van der Waals surface area contributed by atoms with Crippen molar-refractivity contribution in [3.8, 4) is 22.9 Å². The number of carbonyl (C=O) groups is 1. The number of aromatic nitrogens is 3. The van der Waals surface area contributed by atoms with Gasteiger partial charge in [0.2, 0.25) is 11.1 Å². The largest absolute Gasteiger partial charge is 0.494 e. The molecule has 0 saturated carbocycles. The number of nitrogen functional groups attached to an aromatic ring is 1. The second-order valence-electron chi connectivity index (χ2n) is 5.93. The SMILES string of the molecule is CCOc1ccc(NC(=O)CSc2nnc(-c3cccc(OCC)c3)n2N)cc1. The van der Waals surface area contributed by atoms with Crippen LogP contribution in [0.4, 0.5) is 5.69 Å². The highest BCUT2D eigenvalue weighted by Gasteiger charge is 2.14. The molecule has 0 saturated heterocycles. The van der Waals surface area contributed by atoms with E-state index >= 15 is 0 Å². The number of amides is 1. The fourth-order valence-corrected chi connectivity index (χ4v) is 3.25. The summed E-state index contributed by atoms with van der Waals surface area (Å²) in [6.07, 6.45) is 0. The molecule has 0 aliphatic rings. The van der Waals surface area contributed by atoms with Crippen LogP contribution >= 0.6 is 11.8 Å². The summed E-state index contributed by atoms with van der Waals surface area (Å²) in [5.74, 6) is 8.11. The molecule has 0 aliphatic carbocycles. The molecule has 9 heteroatoms. The van der Waals surface area contributed by atoms with Crippen molar-refractivity contribution >= 4 is 23.4 Å². The van der Waals surface area contributed by atoms with Crippen LogP contribution in [0, 0.1) is 0 Å². The van der Waals surface area contributed by atoms with Crippen molar-refractivity contribution < 1.29 is 14.3 Å². The molecule has 1 heterocycles. The van der Waals surface area contributed by atoms with Gasteiger partial charge in [0.05, 0.1) is 19.0 Å². The van der Waals surface area contributed by atoms with E-state index in [1.165, 1.54) is 16.4 Å². The molecular weight excluding hydrogens is 390 g/mol. The summed E-state index contributed by atoms with van der Waals surface area (Å²) in [6, 6.07) is 14.7. The molecule has 0 spiro atoms. The van der Waals surface area contributed by atoms with E-state index in [4.69, 9.17) is 15.3 Å². The topological polar surface area (TPSA) is 104 Å². The standard InChI is InChI=1S/C20H23N5O3S/c1-3-27-16-10-8-15(9-11-16)22-18(26)13-29-20-24-23-19(25(20)21)14-6-5-7-17(12-14)28-4-2/h5-12H,3-4,13,21H2,1-2H3,(H,22,26). The van der Waals surface area contributed by atoms with Gasteiger partial charge in [0.1, 0.15) is 11.5 Å². The van der Waals surface area contributed by atoms with Gasteiger partial charge in [-0.25, -0.2) is 4.68 Å². The summed E-state index contributed by atoms with van der Waals surface area (Å²) in [5, 5.41) is 11.5. The van der Waals surface area contributed by atoms with Gasteiger partial charge in [-0.3, -0.25) is 4.79 Å². The van der Waals surface area contributed by atoms with E-state index in [2.05, 4.69) is 15.5 Å². The van der Waals surface area contributed by atoms with E-state index in [1.54, 1.807) is 12.1 Å². The molecule has 0 bridgehead atoms. The molecule has 3 rings (SSSR count). The van der Waals surface area contributed by atoms with E-state index in [1.807, 2.05) is 50.2 Å². The highest BCUT2D eigenvalue weighted by molar-refractivity contribution is 7.99. The Bertz CT molecular complexity index is 959. The lowest BCUT2D eigenvalue weighted by Gasteiger charge is -2.08. The Morgan fingerprint density at radius 3 is 2.52 bits per heavy atom. The van der Waals surface area contributed by atoms with E-state index in [9.17, 15) is 4.79 Å². The maximum atomic E-state index is 12.2. The Labute approximate surface area is 173 Å². The fourth-order valence-electron chi connectivity index (χ4n) is 2.59. The summed E-state index contributed by atoms with van der Waals surface area (Å²) in [7, 11) is 0. The average molecular weight is 414 g/mol. The van der Waals surface area contributed by atoms with Crippen LogP contribution in [0.2, 0.25) is 0 Å². The zero-order valence-corrected chi connectivity index (χ0v) is 17.1. The van der Waals surface area contributed by atoms with E-state index < -0.39 is 0 Å². The Balaban J connectivity index is 1.60. The number of nitrogens with two attached hydrogens (primary N) is 1. The van der Waals surface area contributed by atoms with Crippen molar-refractivity contribution in [2.24, 2.45) is 0 Å². The van der Waals surface area contributed by atoms with E-state index in [-0.39, 0.29) is 11.7 Å². The zero-order chi connectivity index (χ0) is 20.6. The van der Waals surface area contributed by atoms with E-state index in [0.717, 1.165) is 17.1 Å². The van der Waals surface area contributed by atoms with Crippen LogP contribution in [0.3, 0.4) is 0 Å².